The number of aromatic hydroxyl groups is 2. The summed E-state index contributed by atoms with van der Waals surface area (Å²) in [6, 6.07) is 5.16. The van der Waals surface area contributed by atoms with Gasteiger partial charge in [0, 0.05) is 25.2 Å². The first-order valence-electron chi connectivity index (χ1n) is 10.9. The van der Waals surface area contributed by atoms with Crippen molar-refractivity contribution in [1.82, 2.24) is 15.1 Å². The van der Waals surface area contributed by atoms with Gasteiger partial charge in [-0.1, -0.05) is 25.4 Å². The maximum absolute atomic E-state index is 10.6. The molecule has 0 unspecified atom stereocenters. The molecule has 7 nitrogen and oxygen atoms in total. The van der Waals surface area contributed by atoms with E-state index in [0.29, 0.717) is 30.2 Å². The molecule has 0 saturated carbocycles. The van der Waals surface area contributed by atoms with Crippen molar-refractivity contribution >= 4 is 11.3 Å². The van der Waals surface area contributed by atoms with Crippen molar-refractivity contribution in [3.8, 4) is 11.5 Å². The second kappa shape index (κ2) is 8.70. The Hall–Kier alpha value is -2.51. The summed E-state index contributed by atoms with van der Waals surface area (Å²) in [5, 5.41) is 26.9. The Morgan fingerprint density at radius 1 is 1.07 bits per heavy atom. The maximum atomic E-state index is 10.6. The molecule has 0 amide bonds. The first-order valence-corrected chi connectivity index (χ1v) is 10.9. The van der Waals surface area contributed by atoms with Crippen LogP contribution in [-0.2, 0) is 11.4 Å². The molecule has 7 heteroatoms. The zero-order valence-corrected chi connectivity index (χ0v) is 18.0. The fraction of sp³-hybridized carbons (Fsp3) is 0.522. The number of rotatable bonds is 6. The number of benzene rings is 1. The van der Waals surface area contributed by atoms with E-state index in [-0.39, 0.29) is 17.4 Å². The van der Waals surface area contributed by atoms with Crippen molar-refractivity contribution in [2.75, 3.05) is 26.2 Å². The van der Waals surface area contributed by atoms with Gasteiger partial charge in [-0.15, -0.1) is 5.06 Å². The minimum atomic E-state index is -0.0181. The fourth-order valence-electron chi connectivity index (χ4n) is 4.16. The lowest BCUT2D eigenvalue weighted by atomic mass is 9.96. The molecule has 2 N–H and O–H groups in total. The number of piperidine rings is 1. The van der Waals surface area contributed by atoms with Crippen molar-refractivity contribution in [3.05, 3.63) is 40.8 Å². The van der Waals surface area contributed by atoms with E-state index in [0.717, 1.165) is 36.5 Å². The highest BCUT2D eigenvalue weighted by Gasteiger charge is 2.31. The van der Waals surface area contributed by atoms with E-state index in [2.05, 4.69) is 10.1 Å². The lowest BCUT2D eigenvalue weighted by molar-refractivity contribution is -0.0557. The number of phenolic OH excluding ortho intramolecular Hbond substituents is 2. The highest BCUT2D eigenvalue weighted by molar-refractivity contribution is 5.90. The fourth-order valence-corrected chi connectivity index (χ4v) is 4.16. The molecule has 4 rings (SSSR count). The maximum Gasteiger partial charge on any atom is 0.168 e. The molecule has 0 spiro atoms. The van der Waals surface area contributed by atoms with Gasteiger partial charge in [0.1, 0.15) is 11.5 Å². The molecular formula is C23H31N3O4. The Labute approximate surface area is 177 Å². The number of nitrogens with zero attached hydrogens (tertiary/aromatic N) is 3. The van der Waals surface area contributed by atoms with Gasteiger partial charge in [-0.3, -0.25) is 4.90 Å². The second-order valence-corrected chi connectivity index (χ2v) is 8.46. The van der Waals surface area contributed by atoms with Crippen LogP contribution in [-0.4, -0.2) is 51.5 Å². The second-order valence-electron chi connectivity index (χ2n) is 8.46. The van der Waals surface area contributed by atoms with Gasteiger partial charge in [-0.05, 0) is 50.4 Å². The quantitative estimate of drug-likeness (QED) is 0.729. The van der Waals surface area contributed by atoms with Crippen LogP contribution < -0.4 is 0 Å². The third kappa shape index (κ3) is 4.18. The number of phenols is 2. The van der Waals surface area contributed by atoms with Crippen LogP contribution >= 0.6 is 0 Å². The largest absolute Gasteiger partial charge is 0.508 e. The van der Waals surface area contributed by atoms with E-state index in [1.807, 2.05) is 31.9 Å². The van der Waals surface area contributed by atoms with Crippen LogP contribution in [0.15, 0.2) is 22.7 Å². The SMILES string of the molecule is CCN1CC(c2cc(CN3CCCCC3)no2)=C(c2cc(C(C)C)c(O)cc2O)O1. The summed E-state index contributed by atoms with van der Waals surface area (Å²) < 4.78 is 5.70. The predicted molar refractivity (Wildman–Crippen MR) is 115 cm³/mol. The smallest absolute Gasteiger partial charge is 0.168 e. The zero-order valence-electron chi connectivity index (χ0n) is 18.0. The third-order valence-electron chi connectivity index (χ3n) is 5.88. The standard InChI is InChI=1S/C23H31N3O4/c1-4-26-14-19(22-10-16(24-29-22)13-25-8-6-5-7-9-25)23(30-26)18-11-17(15(2)3)20(27)12-21(18)28/h10-12,15,27-28H,4-9,13-14H2,1-3H3. The number of hydrogen-bond acceptors (Lipinski definition) is 7. The first-order chi connectivity index (χ1) is 14.5. The Kier molecular flexibility index (Phi) is 6.01. The molecule has 2 aliphatic rings. The van der Waals surface area contributed by atoms with Crippen LogP contribution in [0.4, 0.5) is 0 Å². The Bertz CT molecular complexity index is 929. The van der Waals surface area contributed by atoms with Gasteiger partial charge in [0.15, 0.2) is 11.5 Å². The van der Waals surface area contributed by atoms with Crippen LogP contribution in [0.5, 0.6) is 11.5 Å². The molecule has 1 aromatic carbocycles. The summed E-state index contributed by atoms with van der Waals surface area (Å²) in [5.74, 6) is 1.39. The molecular weight excluding hydrogens is 382 g/mol. The molecule has 0 atom stereocenters. The average molecular weight is 414 g/mol. The van der Waals surface area contributed by atoms with E-state index in [4.69, 9.17) is 9.36 Å². The molecule has 1 aromatic heterocycles. The molecule has 1 saturated heterocycles. The van der Waals surface area contributed by atoms with Crippen LogP contribution in [0, 0.1) is 0 Å². The summed E-state index contributed by atoms with van der Waals surface area (Å²) >= 11 is 0. The van der Waals surface area contributed by atoms with Crippen molar-refractivity contribution in [2.24, 2.45) is 0 Å². The normalized spacial score (nSPS) is 18.4. The van der Waals surface area contributed by atoms with E-state index in [1.54, 1.807) is 6.07 Å². The molecule has 162 valence electrons. The van der Waals surface area contributed by atoms with Crippen LogP contribution in [0.3, 0.4) is 0 Å². The number of aromatic nitrogens is 1. The zero-order chi connectivity index (χ0) is 21.3. The van der Waals surface area contributed by atoms with Gasteiger partial charge >= 0.3 is 0 Å². The van der Waals surface area contributed by atoms with E-state index in [9.17, 15) is 10.2 Å². The van der Waals surface area contributed by atoms with Gasteiger partial charge in [-0.25, -0.2) is 0 Å². The molecule has 1 fully saturated rings. The molecule has 0 bridgehead atoms. The van der Waals surface area contributed by atoms with Gasteiger partial charge in [0.25, 0.3) is 0 Å². The van der Waals surface area contributed by atoms with Crippen LogP contribution in [0.2, 0.25) is 0 Å². The third-order valence-corrected chi connectivity index (χ3v) is 5.88. The summed E-state index contributed by atoms with van der Waals surface area (Å²) in [5.41, 5.74) is 3.07. The summed E-state index contributed by atoms with van der Waals surface area (Å²) in [6.45, 7) is 10.2. The highest BCUT2D eigenvalue weighted by atomic mass is 16.7. The molecule has 2 aliphatic heterocycles. The van der Waals surface area contributed by atoms with E-state index in [1.165, 1.54) is 25.3 Å². The molecule has 0 radical (unpaired) electrons. The van der Waals surface area contributed by atoms with Crippen molar-refractivity contribution in [3.63, 3.8) is 0 Å². The van der Waals surface area contributed by atoms with Crippen LogP contribution in [0.25, 0.3) is 11.3 Å². The Balaban J connectivity index is 1.68. The monoisotopic (exact) mass is 413 g/mol. The highest BCUT2D eigenvalue weighted by Crippen LogP contribution is 2.42. The number of hydrogen-bond donors (Lipinski definition) is 2. The summed E-state index contributed by atoms with van der Waals surface area (Å²) in [6.07, 6.45) is 3.77. The minimum Gasteiger partial charge on any atom is -0.508 e. The molecule has 30 heavy (non-hydrogen) atoms. The minimum absolute atomic E-state index is 0.0181. The van der Waals surface area contributed by atoms with Gasteiger partial charge in [0.05, 0.1) is 23.4 Å². The number of hydroxylamine groups is 2. The number of likely N-dealkylation sites (N-methyl/N-ethyl adjacent to an activating group) is 1. The summed E-state index contributed by atoms with van der Waals surface area (Å²) in [7, 11) is 0. The van der Waals surface area contributed by atoms with Crippen molar-refractivity contribution in [1.29, 1.82) is 0 Å². The average Bonchev–Trinajstić information content (AvgIpc) is 3.35. The van der Waals surface area contributed by atoms with Crippen molar-refractivity contribution in [2.45, 2.75) is 52.5 Å². The van der Waals surface area contributed by atoms with Gasteiger partial charge in [0.2, 0.25) is 0 Å². The lowest BCUT2D eigenvalue weighted by Crippen LogP contribution is -2.29. The van der Waals surface area contributed by atoms with Gasteiger partial charge in [-0.2, -0.15) is 0 Å². The Morgan fingerprint density at radius 2 is 1.83 bits per heavy atom. The predicted octanol–water partition coefficient (Wildman–Crippen LogP) is 4.33. The van der Waals surface area contributed by atoms with Gasteiger partial charge < -0.3 is 19.6 Å². The first kappa shape index (κ1) is 20.8. The van der Waals surface area contributed by atoms with Crippen LogP contribution in [0.1, 0.15) is 68.5 Å². The Morgan fingerprint density at radius 3 is 2.53 bits per heavy atom. The lowest BCUT2D eigenvalue weighted by Gasteiger charge is -2.25. The van der Waals surface area contributed by atoms with E-state index >= 15 is 0 Å². The topological polar surface area (TPSA) is 82.2 Å². The summed E-state index contributed by atoms with van der Waals surface area (Å²) in [4.78, 5) is 8.46. The molecule has 2 aromatic rings. The van der Waals surface area contributed by atoms with Crippen molar-refractivity contribution < 1.29 is 19.6 Å². The molecule has 0 aliphatic carbocycles. The molecule has 3 heterocycles. The van der Waals surface area contributed by atoms with E-state index < -0.39 is 0 Å². The number of likely N-dealkylation sites (tertiary alicyclic amines) is 1.